The minimum absolute atomic E-state index is 0.00688. The summed E-state index contributed by atoms with van der Waals surface area (Å²) in [4.78, 5) is 24.5. The molecule has 0 radical (unpaired) electrons. The molecule has 0 bridgehead atoms. The number of esters is 1. The first-order valence-corrected chi connectivity index (χ1v) is 30.6. The second-order valence-electron chi connectivity index (χ2n) is 21.0. The van der Waals surface area contributed by atoms with Crippen molar-refractivity contribution >= 4 is 11.9 Å². The van der Waals surface area contributed by atoms with Gasteiger partial charge in [-0.3, -0.25) is 9.59 Å². The van der Waals surface area contributed by atoms with E-state index in [1.807, 2.05) is 0 Å². The molecule has 2 unspecified atom stereocenters. The number of aliphatic hydroxyl groups is 2. The van der Waals surface area contributed by atoms with Gasteiger partial charge >= 0.3 is 5.97 Å². The van der Waals surface area contributed by atoms with Gasteiger partial charge in [-0.25, -0.2) is 0 Å². The lowest BCUT2D eigenvalue weighted by molar-refractivity contribution is -0.143. The Kier molecular flexibility index (Phi) is 56.5. The molecule has 1 amide bonds. The molecule has 0 fully saturated rings. The standard InChI is InChI=1S/C62H119NO5/c1-3-5-7-9-11-13-15-16-17-25-29-32-36-40-44-48-52-56-62(67)68-57-53-49-45-41-37-33-30-27-24-22-20-18-19-21-23-26-28-31-35-39-43-47-51-55-61(66)63-59(58-64)60(65)54-50-46-42-38-34-14-12-10-8-6-4-2/h11,13,16-17,59-60,64-65H,3-10,12,14-15,18-58H2,1-2H3,(H,63,66)/b13-11-,17-16-. The lowest BCUT2D eigenvalue weighted by Crippen LogP contribution is -2.45. The van der Waals surface area contributed by atoms with Gasteiger partial charge in [0.2, 0.25) is 5.91 Å². The van der Waals surface area contributed by atoms with E-state index in [1.54, 1.807) is 0 Å². The maximum Gasteiger partial charge on any atom is 0.305 e. The Morgan fingerprint density at radius 1 is 0.412 bits per heavy atom. The Hall–Kier alpha value is -1.66. The summed E-state index contributed by atoms with van der Waals surface area (Å²) in [5.41, 5.74) is 0. The largest absolute Gasteiger partial charge is 0.466 e. The van der Waals surface area contributed by atoms with Gasteiger partial charge < -0.3 is 20.3 Å². The average molecular weight is 959 g/mol. The van der Waals surface area contributed by atoms with E-state index in [0.29, 0.717) is 25.9 Å². The molecule has 0 aromatic heterocycles. The number of unbranched alkanes of at least 4 members (excludes halogenated alkanes) is 42. The van der Waals surface area contributed by atoms with E-state index < -0.39 is 12.1 Å². The average Bonchev–Trinajstić information content (AvgIpc) is 3.34. The van der Waals surface area contributed by atoms with Crippen molar-refractivity contribution in [1.82, 2.24) is 5.32 Å². The zero-order valence-corrected chi connectivity index (χ0v) is 45.9. The van der Waals surface area contributed by atoms with E-state index in [9.17, 15) is 19.8 Å². The molecular formula is C62H119NO5. The van der Waals surface area contributed by atoms with Gasteiger partial charge in [-0.15, -0.1) is 0 Å². The highest BCUT2D eigenvalue weighted by Gasteiger charge is 2.20. The molecule has 0 spiro atoms. The summed E-state index contributed by atoms with van der Waals surface area (Å²) >= 11 is 0. The van der Waals surface area contributed by atoms with Crippen LogP contribution in [0.4, 0.5) is 0 Å². The molecule has 3 N–H and O–H groups in total. The molecule has 402 valence electrons. The van der Waals surface area contributed by atoms with Gasteiger partial charge in [0, 0.05) is 12.8 Å². The summed E-state index contributed by atoms with van der Waals surface area (Å²) < 4.78 is 5.49. The topological polar surface area (TPSA) is 95.9 Å². The molecule has 0 aliphatic carbocycles. The Bertz CT molecular complexity index is 1060. The van der Waals surface area contributed by atoms with Gasteiger partial charge in [-0.2, -0.15) is 0 Å². The van der Waals surface area contributed by atoms with Crippen LogP contribution in [0, 0.1) is 0 Å². The smallest absolute Gasteiger partial charge is 0.305 e. The number of hydrogen-bond donors (Lipinski definition) is 3. The number of carbonyl (C=O) groups excluding carboxylic acids is 2. The number of amides is 1. The second-order valence-corrected chi connectivity index (χ2v) is 21.0. The van der Waals surface area contributed by atoms with Gasteiger partial charge in [0.25, 0.3) is 0 Å². The predicted molar refractivity (Wildman–Crippen MR) is 296 cm³/mol. The van der Waals surface area contributed by atoms with Crippen molar-refractivity contribution in [2.24, 2.45) is 0 Å². The minimum atomic E-state index is -0.662. The van der Waals surface area contributed by atoms with Crippen LogP contribution < -0.4 is 5.32 Å². The monoisotopic (exact) mass is 958 g/mol. The first kappa shape index (κ1) is 66.3. The predicted octanol–water partition coefficient (Wildman–Crippen LogP) is 19.0. The first-order chi connectivity index (χ1) is 33.5. The van der Waals surface area contributed by atoms with Crippen molar-refractivity contribution in [3.8, 4) is 0 Å². The van der Waals surface area contributed by atoms with Crippen LogP contribution in [0.1, 0.15) is 335 Å². The molecule has 6 nitrogen and oxygen atoms in total. The van der Waals surface area contributed by atoms with Crippen LogP contribution in [0.5, 0.6) is 0 Å². The number of carbonyl (C=O) groups is 2. The SMILES string of the molecule is CCCCC/C=C\C/C=C\CCCCCCCCCC(=O)OCCCCCCCCCCCCCCCCCCCCCCCCCC(=O)NC(CO)C(O)CCCCCCCCCCCCC. The number of allylic oxidation sites excluding steroid dienone is 4. The maximum atomic E-state index is 12.4. The lowest BCUT2D eigenvalue weighted by Gasteiger charge is -2.22. The Labute approximate surface area is 424 Å². The van der Waals surface area contributed by atoms with E-state index in [2.05, 4.69) is 43.5 Å². The molecule has 0 aliphatic rings. The van der Waals surface area contributed by atoms with Crippen LogP contribution in [0.15, 0.2) is 24.3 Å². The van der Waals surface area contributed by atoms with Crippen LogP contribution in [0.25, 0.3) is 0 Å². The Balaban J connectivity index is 3.35. The molecule has 0 saturated heterocycles. The maximum absolute atomic E-state index is 12.4. The van der Waals surface area contributed by atoms with Crippen LogP contribution in [0.2, 0.25) is 0 Å². The number of hydrogen-bond acceptors (Lipinski definition) is 5. The Morgan fingerprint density at radius 3 is 1.15 bits per heavy atom. The van der Waals surface area contributed by atoms with Crippen molar-refractivity contribution < 1.29 is 24.5 Å². The van der Waals surface area contributed by atoms with Gasteiger partial charge in [-0.1, -0.05) is 289 Å². The number of nitrogens with one attached hydrogen (secondary N) is 1. The summed E-state index contributed by atoms with van der Waals surface area (Å²) in [6.07, 6.45) is 70.4. The number of aliphatic hydroxyl groups excluding tert-OH is 2. The fourth-order valence-electron chi connectivity index (χ4n) is 9.55. The van der Waals surface area contributed by atoms with Gasteiger partial charge in [-0.05, 0) is 57.8 Å². The van der Waals surface area contributed by atoms with Crippen molar-refractivity contribution in [3.05, 3.63) is 24.3 Å². The first-order valence-electron chi connectivity index (χ1n) is 30.6. The molecule has 2 atom stereocenters. The third kappa shape index (κ3) is 53.7. The molecular weight excluding hydrogens is 839 g/mol. The molecule has 0 heterocycles. The van der Waals surface area contributed by atoms with Crippen molar-refractivity contribution in [1.29, 1.82) is 0 Å². The normalized spacial score (nSPS) is 12.7. The number of rotatable bonds is 57. The van der Waals surface area contributed by atoms with E-state index >= 15 is 0 Å². The zero-order valence-electron chi connectivity index (χ0n) is 45.9. The van der Waals surface area contributed by atoms with E-state index in [0.717, 1.165) is 51.4 Å². The van der Waals surface area contributed by atoms with Crippen LogP contribution in [-0.2, 0) is 14.3 Å². The zero-order chi connectivity index (χ0) is 49.3. The Morgan fingerprint density at radius 2 is 0.735 bits per heavy atom. The molecule has 0 saturated carbocycles. The lowest BCUT2D eigenvalue weighted by atomic mass is 10.0. The molecule has 0 aromatic rings. The van der Waals surface area contributed by atoms with Gasteiger partial charge in [0.05, 0.1) is 25.4 Å². The summed E-state index contributed by atoms with van der Waals surface area (Å²) in [5.74, 6) is -0.0277. The van der Waals surface area contributed by atoms with Gasteiger partial charge in [0.15, 0.2) is 0 Å². The summed E-state index contributed by atoms with van der Waals surface area (Å²) in [6, 6.07) is -0.539. The van der Waals surface area contributed by atoms with Crippen molar-refractivity contribution in [3.63, 3.8) is 0 Å². The molecule has 0 aromatic carbocycles. The van der Waals surface area contributed by atoms with Crippen molar-refractivity contribution in [2.75, 3.05) is 13.2 Å². The van der Waals surface area contributed by atoms with E-state index in [4.69, 9.17) is 4.74 Å². The third-order valence-electron chi connectivity index (χ3n) is 14.3. The van der Waals surface area contributed by atoms with E-state index in [-0.39, 0.29) is 18.5 Å². The van der Waals surface area contributed by atoms with Crippen LogP contribution in [0.3, 0.4) is 0 Å². The highest BCUT2D eigenvalue weighted by molar-refractivity contribution is 5.76. The highest BCUT2D eigenvalue weighted by atomic mass is 16.5. The fourth-order valence-corrected chi connectivity index (χ4v) is 9.55. The second kappa shape index (κ2) is 57.9. The molecule has 0 aliphatic heterocycles. The molecule has 0 rings (SSSR count). The van der Waals surface area contributed by atoms with Gasteiger partial charge in [0.1, 0.15) is 0 Å². The summed E-state index contributed by atoms with van der Waals surface area (Å²) in [7, 11) is 0. The summed E-state index contributed by atoms with van der Waals surface area (Å²) in [6.45, 7) is 4.93. The summed E-state index contributed by atoms with van der Waals surface area (Å²) in [5, 5.41) is 23.2. The van der Waals surface area contributed by atoms with Crippen LogP contribution in [-0.4, -0.2) is 47.4 Å². The van der Waals surface area contributed by atoms with Crippen LogP contribution >= 0.6 is 0 Å². The number of ether oxygens (including phenoxy) is 1. The minimum Gasteiger partial charge on any atom is -0.466 e. The fraction of sp³-hybridized carbons (Fsp3) is 0.903. The van der Waals surface area contributed by atoms with E-state index in [1.165, 1.54) is 250 Å². The third-order valence-corrected chi connectivity index (χ3v) is 14.3. The molecule has 6 heteroatoms. The van der Waals surface area contributed by atoms with Crippen molar-refractivity contribution in [2.45, 2.75) is 347 Å². The quantitative estimate of drug-likeness (QED) is 0.0321. The molecule has 68 heavy (non-hydrogen) atoms. The highest BCUT2D eigenvalue weighted by Crippen LogP contribution is 2.18.